The number of aromatic carboxylic acids is 1. The molecule has 0 aromatic heterocycles. The highest BCUT2D eigenvalue weighted by molar-refractivity contribution is 5.87. The monoisotopic (exact) mass is 283 g/mol. The van der Waals surface area contributed by atoms with Gasteiger partial charge in [0.25, 0.3) is 0 Å². The first kappa shape index (κ1) is 14.9. The molecule has 0 unspecified atom stereocenters. The average molecular weight is 283 g/mol. The molecule has 0 fully saturated rings. The van der Waals surface area contributed by atoms with Crippen molar-refractivity contribution >= 4 is 11.8 Å². The van der Waals surface area contributed by atoms with Crippen LogP contribution in [0.5, 0.6) is 0 Å². The van der Waals surface area contributed by atoms with E-state index < -0.39 is 5.97 Å². The van der Waals surface area contributed by atoms with Crippen LogP contribution in [0.2, 0.25) is 0 Å². The summed E-state index contributed by atoms with van der Waals surface area (Å²) in [6.45, 7) is 0.843. The van der Waals surface area contributed by atoms with E-state index in [-0.39, 0.29) is 11.3 Å². The third-order valence-electron chi connectivity index (χ3n) is 3.10. The average Bonchev–Trinajstić information content (AvgIpc) is 2.49. The Hall–Kier alpha value is -2.46. The van der Waals surface area contributed by atoms with Crippen LogP contribution < -0.4 is 5.32 Å². The fourth-order valence-electron chi connectivity index (χ4n) is 2.00. The molecule has 0 saturated heterocycles. The first-order valence-corrected chi connectivity index (χ1v) is 6.74. The van der Waals surface area contributed by atoms with Crippen LogP contribution in [0.1, 0.15) is 21.5 Å². The fourth-order valence-corrected chi connectivity index (χ4v) is 2.00. The lowest BCUT2D eigenvalue weighted by Gasteiger charge is -2.05. The van der Waals surface area contributed by atoms with Crippen molar-refractivity contribution in [2.45, 2.75) is 13.0 Å². The van der Waals surface area contributed by atoms with Crippen molar-refractivity contribution in [2.75, 3.05) is 6.54 Å². The molecule has 0 spiro atoms. The summed E-state index contributed by atoms with van der Waals surface area (Å²) in [7, 11) is 0. The molecule has 2 rings (SSSR count). The minimum absolute atomic E-state index is 0.128. The van der Waals surface area contributed by atoms with Gasteiger partial charge in [0.2, 0.25) is 0 Å². The van der Waals surface area contributed by atoms with Gasteiger partial charge < -0.3 is 10.4 Å². The summed E-state index contributed by atoms with van der Waals surface area (Å²) in [4.78, 5) is 22.5. The molecule has 0 radical (unpaired) electrons. The molecule has 4 heteroatoms. The molecule has 0 aliphatic heterocycles. The highest BCUT2D eigenvalue weighted by atomic mass is 16.4. The van der Waals surface area contributed by atoms with Crippen LogP contribution in [-0.2, 0) is 17.8 Å². The van der Waals surface area contributed by atoms with Crippen LogP contribution in [-0.4, -0.2) is 23.4 Å². The van der Waals surface area contributed by atoms with Crippen molar-refractivity contribution in [2.24, 2.45) is 0 Å². The quantitative estimate of drug-likeness (QED) is 0.818. The number of benzene rings is 2. The topological polar surface area (TPSA) is 66.4 Å². The van der Waals surface area contributed by atoms with Crippen molar-refractivity contribution in [3.05, 3.63) is 71.3 Å². The van der Waals surface area contributed by atoms with Gasteiger partial charge in [0.1, 0.15) is 0 Å². The number of nitrogens with one attached hydrogen (secondary N) is 1. The fraction of sp³-hybridized carbons (Fsp3) is 0.176. The Morgan fingerprint density at radius 1 is 0.905 bits per heavy atom. The summed E-state index contributed by atoms with van der Waals surface area (Å²) in [5.74, 6) is -0.809. The number of rotatable bonds is 7. The summed E-state index contributed by atoms with van der Waals surface area (Å²) in [6, 6.07) is 16.2. The minimum Gasteiger partial charge on any atom is -0.478 e. The van der Waals surface area contributed by atoms with Gasteiger partial charge in [-0.3, -0.25) is 4.79 Å². The molecular weight excluding hydrogens is 266 g/mol. The first-order chi connectivity index (χ1) is 10.1. The van der Waals surface area contributed by atoms with E-state index in [0.29, 0.717) is 19.5 Å². The molecule has 108 valence electrons. The van der Waals surface area contributed by atoms with Crippen LogP contribution in [0.25, 0.3) is 0 Å². The van der Waals surface area contributed by atoms with Gasteiger partial charge in [0, 0.05) is 13.0 Å². The molecule has 4 nitrogen and oxygen atoms in total. The first-order valence-electron chi connectivity index (χ1n) is 6.74. The van der Waals surface area contributed by atoms with Crippen LogP contribution in [0.4, 0.5) is 0 Å². The zero-order valence-corrected chi connectivity index (χ0v) is 11.6. The maximum atomic E-state index is 11.8. The van der Waals surface area contributed by atoms with E-state index in [0.717, 1.165) is 11.1 Å². The van der Waals surface area contributed by atoms with Crippen molar-refractivity contribution in [1.29, 1.82) is 0 Å². The van der Waals surface area contributed by atoms with Crippen LogP contribution in [0.3, 0.4) is 0 Å². The van der Waals surface area contributed by atoms with E-state index >= 15 is 0 Å². The molecule has 0 aliphatic rings. The number of carbonyl (C=O) groups is 2. The van der Waals surface area contributed by atoms with Gasteiger partial charge in [0.05, 0.1) is 12.1 Å². The summed E-state index contributed by atoms with van der Waals surface area (Å²) in [5.41, 5.74) is 2.22. The molecule has 0 heterocycles. The minimum atomic E-state index is -0.937. The summed E-state index contributed by atoms with van der Waals surface area (Å²) >= 11 is 0. The van der Waals surface area contributed by atoms with Gasteiger partial charge in [-0.05, 0) is 23.3 Å². The van der Waals surface area contributed by atoms with Crippen LogP contribution in [0.15, 0.2) is 54.6 Å². The zero-order chi connectivity index (χ0) is 15.1. The molecule has 0 atom stereocenters. The Morgan fingerprint density at radius 3 is 2.19 bits per heavy atom. The Morgan fingerprint density at radius 2 is 1.57 bits per heavy atom. The SMILES string of the molecule is O=C(CNCc1ccc(C(=O)O)cc1)Cc1ccccc1. The maximum Gasteiger partial charge on any atom is 0.335 e. The smallest absolute Gasteiger partial charge is 0.335 e. The van der Waals surface area contributed by atoms with Gasteiger partial charge in [-0.1, -0.05) is 42.5 Å². The predicted molar refractivity (Wildman–Crippen MR) is 80.3 cm³/mol. The number of hydrogen-bond donors (Lipinski definition) is 2. The largest absolute Gasteiger partial charge is 0.478 e. The normalized spacial score (nSPS) is 10.3. The van der Waals surface area contributed by atoms with Crippen molar-refractivity contribution in [1.82, 2.24) is 5.32 Å². The van der Waals surface area contributed by atoms with E-state index in [2.05, 4.69) is 5.32 Å². The van der Waals surface area contributed by atoms with Gasteiger partial charge in [-0.15, -0.1) is 0 Å². The van der Waals surface area contributed by atoms with E-state index in [1.54, 1.807) is 24.3 Å². The van der Waals surface area contributed by atoms with E-state index in [1.165, 1.54) is 0 Å². The molecule has 2 aromatic rings. The highest BCUT2D eigenvalue weighted by Crippen LogP contribution is 2.04. The molecule has 2 N–H and O–H groups in total. The van der Waals surface area contributed by atoms with E-state index in [1.807, 2.05) is 30.3 Å². The van der Waals surface area contributed by atoms with E-state index in [4.69, 9.17) is 5.11 Å². The zero-order valence-electron chi connectivity index (χ0n) is 11.6. The van der Waals surface area contributed by atoms with Gasteiger partial charge in [-0.25, -0.2) is 4.79 Å². The van der Waals surface area contributed by atoms with Crippen molar-refractivity contribution < 1.29 is 14.7 Å². The molecule has 0 aliphatic carbocycles. The predicted octanol–water partition coefficient (Wildman–Crippen LogP) is 2.29. The standard InChI is InChI=1S/C17H17NO3/c19-16(10-13-4-2-1-3-5-13)12-18-11-14-6-8-15(9-7-14)17(20)21/h1-9,18H,10-12H2,(H,20,21). The second-order valence-electron chi connectivity index (χ2n) is 4.81. The second-order valence-corrected chi connectivity index (χ2v) is 4.81. The summed E-state index contributed by atoms with van der Waals surface area (Å²) in [5, 5.41) is 11.9. The second kappa shape index (κ2) is 7.36. The van der Waals surface area contributed by atoms with Crippen molar-refractivity contribution in [3.63, 3.8) is 0 Å². The van der Waals surface area contributed by atoms with Gasteiger partial charge in [0.15, 0.2) is 5.78 Å². The molecule has 0 bridgehead atoms. The summed E-state index contributed by atoms with van der Waals surface area (Å²) < 4.78 is 0. The lowest BCUT2D eigenvalue weighted by Crippen LogP contribution is -2.23. The maximum absolute atomic E-state index is 11.8. The lowest BCUT2D eigenvalue weighted by molar-refractivity contribution is -0.117. The number of carbonyl (C=O) groups excluding carboxylic acids is 1. The Labute approximate surface area is 123 Å². The Balaban J connectivity index is 1.76. The molecule has 2 aromatic carbocycles. The van der Waals surface area contributed by atoms with Crippen LogP contribution >= 0.6 is 0 Å². The number of carboxylic acids is 1. The summed E-state index contributed by atoms with van der Waals surface area (Å²) in [6.07, 6.45) is 0.422. The highest BCUT2D eigenvalue weighted by Gasteiger charge is 2.04. The number of hydrogen-bond acceptors (Lipinski definition) is 3. The number of Topliss-reactive ketones (excluding diaryl/α,β-unsaturated/α-hetero) is 1. The molecule has 0 saturated carbocycles. The van der Waals surface area contributed by atoms with Gasteiger partial charge in [-0.2, -0.15) is 0 Å². The lowest BCUT2D eigenvalue weighted by atomic mass is 10.1. The van der Waals surface area contributed by atoms with Crippen molar-refractivity contribution in [3.8, 4) is 0 Å². The number of carboxylic acid groups (broad SMARTS) is 1. The Bertz CT molecular complexity index is 606. The third-order valence-corrected chi connectivity index (χ3v) is 3.10. The molecule has 21 heavy (non-hydrogen) atoms. The van der Waals surface area contributed by atoms with E-state index in [9.17, 15) is 9.59 Å². The van der Waals surface area contributed by atoms with Gasteiger partial charge >= 0.3 is 5.97 Å². The molecular formula is C17H17NO3. The third kappa shape index (κ3) is 4.85. The number of ketones is 1. The molecule has 0 amide bonds. The Kier molecular flexibility index (Phi) is 5.23. The van der Waals surface area contributed by atoms with Crippen LogP contribution in [0, 0.1) is 0 Å².